The maximum atomic E-state index is 14.5. The molecule has 1 unspecified atom stereocenters. The fourth-order valence-electron chi connectivity index (χ4n) is 2.71. The van der Waals surface area contributed by atoms with Gasteiger partial charge in [0.25, 0.3) is 5.89 Å². The normalized spacial score (nSPS) is 15.4. The molecule has 32 heavy (non-hydrogen) atoms. The molecule has 0 spiro atoms. The molecule has 3 aromatic rings. The van der Waals surface area contributed by atoms with Gasteiger partial charge in [-0.1, -0.05) is 11.2 Å². The van der Waals surface area contributed by atoms with Crippen molar-refractivity contribution in [3.8, 4) is 28.3 Å². The number of nitrogens with one attached hydrogen (secondary N) is 1. The third-order valence-corrected chi connectivity index (χ3v) is 4.51. The number of benzene rings is 2. The molecule has 170 valence electrons. The third-order valence-electron chi connectivity index (χ3n) is 4.51. The van der Waals surface area contributed by atoms with Crippen LogP contribution < -0.4 is 10.1 Å². The number of aromatic nitrogens is 2. The van der Waals surface area contributed by atoms with Crippen molar-refractivity contribution in [2.45, 2.75) is 18.6 Å². The average Bonchev–Trinajstić information content (AvgIpc) is 3.15. The highest BCUT2D eigenvalue weighted by Gasteiger charge is 2.38. The zero-order valence-electron chi connectivity index (χ0n) is 16.4. The van der Waals surface area contributed by atoms with Gasteiger partial charge >= 0.3 is 12.1 Å². The van der Waals surface area contributed by atoms with E-state index < -0.39 is 23.8 Å². The molecule has 1 saturated heterocycles. The van der Waals surface area contributed by atoms with Gasteiger partial charge in [0.2, 0.25) is 0 Å². The Bertz CT molecular complexity index is 1110. The van der Waals surface area contributed by atoms with Gasteiger partial charge in [-0.25, -0.2) is 13.6 Å². The first-order valence-corrected chi connectivity index (χ1v) is 9.11. The van der Waals surface area contributed by atoms with Crippen LogP contribution in [0, 0.1) is 11.6 Å². The van der Waals surface area contributed by atoms with Crippen LogP contribution in [-0.2, 0) is 4.79 Å². The third kappa shape index (κ3) is 5.19. The second-order valence-corrected chi connectivity index (χ2v) is 6.60. The number of carboxylic acids is 1. The van der Waals surface area contributed by atoms with Crippen LogP contribution in [0.5, 0.6) is 5.75 Å². The molecule has 2 N–H and O–H groups in total. The van der Waals surface area contributed by atoms with E-state index in [2.05, 4.69) is 15.5 Å². The largest absolute Gasteiger partial charge is 0.497 e. The van der Waals surface area contributed by atoms with Crippen molar-refractivity contribution in [2.24, 2.45) is 0 Å². The van der Waals surface area contributed by atoms with Gasteiger partial charge in [-0.2, -0.15) is 18.2 Å². The summed E-state index contributed by atoms with van der Waals surface area (Å²) in [5.41, 5.74) is 0.897. The summed E-state index contributed by atoms with van der Waals surface area (Å²) >= 11 is 0. The molecule has 0 amide bonds. The van der Waals surface area contributed by atoms with E-state index in [0.717, 1.165) is 13.0 Å². The van der Waals surface area contributed by atoms with Crippen LogP contribution >= 0.6 is 0 Å². The molecule has 1 atom stereocenters. The maximum Gasteiger partial charge on any atom is 0.490 e. The van der Waals surface area contributed by atoms with Gasteiger partial charge in [0, 0.05) is 11.6 Å². The van der Waals surface area contributed by atoms with E-state index in [1.807, 2.05) is 0 Å². The number of rotatable bonds is 4. The van der Waals surface area contributed by atoms with Crippen LogP contribution in [0.25, 0.3) is 22.6 Å². The van der Waals surface area contributed by atoms with Crippen molar-refractivity contribution in [2.75, 3.05) is 13.7 Å². The minimum Gasteiger partial charge on any atom is -0.497 e. The zero-order chi connectivity index (χ0) is 23.5. The molecular formula is C20H16F5N3O4. The minimum absolute atomic E-state index is 0.0632. The summed E-state index contributed by atoms with van der Waals surface area (Å²) in [5, 5.41) is 14.2. The van der Waals surface area contributed by atoms with Crippen LogP contribution in [0.15, 0.2) is 40.9 Å². The lowest BCUT2D eigenvalue weighted by Crippen LogP contribution is -2.35. The smallest absolute Gasteiger partial charge is 0.490 e. The van der Waals surface area contributed by atoms with E-state index >= 15 is 0 Å². The number of aliphatic carboxylic acids is 1. The Kier molecular flexibility index (Phi) is 6.72. The second kappa shape index (κ2) is 9.30. The van der Waals surface area contributed by atoms with Crippen LogP contribution in [-0.4, -0.2) is 41.0 Å². The first-order chi connectivity index (χ1) is 15.1. The molecule has 1 fully saturated rings. The predicted octanol–water partition coefficient (Wildman–Crippen LogP) is 4.36. The van der Waals surface area contributed by atoms with Gasteiger partial charge in [-0.05, 0) is 42.8 Å². The molecule has 4 rings (SSSR count). The van der Waals surface area contributed by atoms with Gasteiger partial charge in [0.05, 0.1) is 18.7 Å². The molecule has 0 saturated carbocycles. The van der Waals surface area contributed by atoms with Gasteiger partial charge in [0.1, 0.15) is 17.4 Å². The number of methoxy groups -OCH3 is 1. The summed E-state index contributed by atoms with van der Waals surface area (Å²) in [6, 6.07) is 8.89. The fraction of sp³-hybridized carbons (Fsp3) is 0.250. The maximum absolute atomic E-state index is 14.5. The van der Waals surface area contributed by atoms with Gasteiger partial charge < -0.3 is 19.7 Å². The minimum atomic E-state index is -5.08. The Morgan fingerprint density at radius 1 is 1.16 bits per heavy atom. The summed E-state index contributed by atoms with van der Waals surface area (Å²) < 4.78 is 70.5. The standard InChI is InChI=1S/C18H15F2N3O2.C2HF3O2/c1-24-11-3-5-12(15(20)9-11)10-2-4-13(14(19)8-10)18-22-17(23-25-18)16-6-7-21-16;3-2(4,5)1(6)7/h2-5,8-9,16,21H,6-7H2,1H3;(H,6,7). The molecule has 0 aliphatic carbocycles. The van der Waals surface area contributed by atoms with E-state index in [9.17, 15) is 22.0 Å². The van der Waals surface area contributed by atoms with E-state index in [4.69, 9.17) is 19.2 Å². The molecule has 0 radical (unpaired) electrons. The second-order valence-electron chi connectivity index (χ2n) is 6.60. The monoisotopic (exact) mass is 457 g/mol. The zero-order valence-corrected chi connectivity index (χ0v) is 16.4. The Morgan fingerprint density at radius 2 is 1.78 bits per heavy atom. The van der Waals surface area contributed by atoms with Crippen LogP contribution in [0.1, 0.15) is 18.3 Å². The number of ether oxygens (including phenoxy) is 1. The summed E-state index contributed by atoms with van der Waals surface area (Å²) in [6.45, 7) is 0.908. The highest BCUT2D eigenvalue weighted by Crippen LogP contribution is 2.31. The lowest BCUT2D eigenvalue weighted by Gasteiger charge is -2.23. The lowest BCUT2D eigenvalue weighted by atomic mass is 10.0. The summed E-state index contributed by atoms with van der Waals surface area (Å²) in [5.74, 6) is -2.75. The molecule has 2 aromatic carbocycles. The molecular weight excluding hydrogens is 441 g/mol. The molecule has 2 heterocycles. The molecule has 1 aliphatic heterocycles. The molecule has 7 nitrogen and oxygen atoms in total. The van der Waals surface area contributed by atoms with E-state index in [1.165, 1.54) is 25.3 Å². The van der Waals surface area contributed by atoms with Crippen LogP contribution in [0.4, 0.5) is 22.0 Å². The highest BCUT2D eigenvalue weighted by atomic mass is 19.4. The molecule has 1 aliphatic rings. The van der Waals surface area contributed by atoms with Crippen molar-refractivity contribution < 1.29 is 41.1 Å². The summed E-state index contributed by atoms with van der Waals surface area (Å²) in [7, 11) is 1.46. The fourth-order valence-corrected chi connectivity index (χ4v) is 2.71. The van der Waals surface area contributed by atoms with Gasteiger partial charge in [0.15, 0.2) is 5.82 Å². The van der Waals surface area contributed by atoms with Gasteiger partial charge in [-0.15, -0.1) is 0 Å². The summed E-state index contributed by atoms with van der Waals surface area (Å²) in [6.07, 6.45) is -4.16. The quantitative estimate of drug-likeness (QED) is 0.562. The van der Waals surface area contributed by atoms with Crippen molar-refractivity contribution in [3.63, 3.8) is 0 Å². The van der Waals surface area contributed by atoms with Crippen LogP contribution in [0.3, 0.4) is 0 Å². The number of carboxylic acid groups (broad SMARTS) is 1. The first-order valence-electron chi connectivity index (χ1n) is 9.11. The predicted molar refractivity (Wildman–Crippen MR) is 101 cm³/mol. The topological polar surface area (TPSA) is 97.5 Å². The van der Waals surface area contributed by atoms with Crippen LogP contribution in [0.2, 0.25) is 0 Å². The van der Waals surface area contributed by atoms with E-state index in [1.54, 1.807) is 18.2 Å². The average molecular weight is 457 g/mol. The Balaban J connectivity index is 0.000000360. The number of halogens is 5. The molecule has 12 heteroatoms. The first kappa shape index (κ1) is 23.1. The highest BCUT2D eigenvalue weighted by molar-refractivity contribution is 5.73. The SMILES string of the molecule is COc1ccc(-c2ccc(-c3nc(C4CCN4)no3)c(F)c2)c(F)c1.O=C(O)C(F)(F)F. The van der Waals surface area contributed by atoms with E-state index in [-0.39, 0.29) is 23.1 Å². The van der Waals surface area contributed by atoms with Crippen molar-refractivity contribution in [3.05, 3.63) is 53.9 Å². The van der Waals surface area contributed by atoms with Gasteiger partial charge in [-0.3, -0.25) is 0 Å². The summed E-state index contributed by atoms with van der Waals surface area (Å²) in [4.78, 5) is 13.1. The number of nitrogens with zero attached hydrogens (tertiary/aromatic N) is 2. The number of carbonyl (C=O) groups is 1. The number of hydrogen-bond donors (Lipinski definition) is 2. The molecule has 1 aromatic heterocycles. The Hall–Kier alpha value is -3.54. The molecule has 0 bridgehead atoms. The van der Waals surface area contributed by atoms with Crippen molar-refractivity contribution in [1.82, 2.24) is 15.5 Å². The Morgan fingerprint density at radius 3 is 2.28 bits per heavy atom. The Labute approximate surface area is 177 Å². The lowest BCUT2D eigenvalue weighted by molar-refractivity contribution is -0.192. The van der Waals surface area contributed by atoms with E-state index in [0.29, 0.717) is 17.1 Å². The van der Waals surface area contributed by atoms with Crippen molar-refractivity contribution in [1.29, 1.82) is 0 Å². The van der Waals surface area contributed by atoms with Crippen molar-refractivity contribution >= 4 is 5.97 Å². The number of hydrogen-bond acceptors (Lipinski definition) is 6. The number of alkyl halides is 3.